The van der Waals surface area contributed by atoms with E-state index in [2.05, 4.69) is 31.2 Å². The SMILES string of the molecule is Cc1ccc(SC2(C(=O)N3CCC(O)CC3)CCCC2)cc1. The number of hydrogen-bond donors (Lipinski definition) is 1. The van der Waals surface area contributed by atoms with Crippen LogP contribution in [0.4, 0.5) is 0 Å². The minimum Gasteiger partial charge on any atom is -0.393 e. The Balaban J connectivity index is 1.76. The van der Waals surface area contributed by atoms with E-state index in [9.17, 15) is 9.90 Å². The average Bonchev–Trinajstić information content (AvgIpc) is 2.99. The number of aliphatic hydroxyl groups excluding tert-OH is 1. The summed E-state index contributed by atoms with van der Waals surface area (Å²) >= 11 is 1.76. The van der Waals surface area contributed by atoms with Crippen LogP contribution in [0.1, 0.15) is 44.1 Å². The maximum atomic E-state index is 13.1. The van der Waals surface area contributed by atoms with Crippen molar-refractivity contribution in [1.82, 2.24) is 4.90 Å². The van der Waals surface area contributed by atoms with E-state index in [1.165, 1.54) is 10.5 Å². The highest BCUT2D eigenvalue weighted by Gasteiger charge is 2.45. The van der Waals surface area contributed by atoms with E-state index in [1.807, 2.05) is 4.90 Å². The van der Waals surface area contributed by atoms with Gasteiger partial charge in [-0.1, -0.05) is 30.5 Å². The Labute approximate surface area is 137 Å². The molecule has 3 rings (SSSR count). The first-order valence-corrected chi connectivity index (χ1v) is 9.14. The zero-order chi connectivity index (χ0) is 15.6. The van der Waals surface area contributed by atoms with Crippen LogP contribution in [0.15, 0.2) is 29.2 Å². The Hall–Kier alpha value is -1.00. The fourth-order valence-electron chi connectivity index (χ4n) is 3.49. The predicted octanol–water partition coefficient (Wildman–Crippen LogP) is 3.38. The molecule has 0 atom stereocenters. The molecule has 0 radical (unpaired) electrons. The third kappa shape index (κ3) is 3.33. The van der Waals surface area contributed by atoms with Crippen LogP contribution >= 0.6 is 11.8 Å². The maximum Gasteiger partial charge on any atom is 0.239 e. The highest BCUT2D eigenvalue weighted by atomic mass is 32.2. The molecule has 1 amide bonds. The maximum absolute atomic E-state index is 13.1. The summed E-state index contributed by atoms with van der Waals surface area (Å²) in [5, 5.41) is 9.66. The van der Waals surface area contributed by atoms with Gasteiger partial charge in [-0.2, -0.15) is 0 Å². The van der Waals surface area contributed by atoms with E-state index in [4.69, 9.17) is 0 Å². The van der Waals surface area contributed by atoms with Crippen molar-refractivity contribution < 1.29 is 9.90 Å². The van der Waals surface area contributed by atoms with Crippen molar-refractivity contribution in [2.75, 3.05) is 13.1 Å². The summed E-state index contributed by atoms with van der Waals surface area (Å²) in [5.74, 6) is 0.294. The number of nitrogens with zero attached hydrogens (tertiary/aromatic N) is 1. The third-order valence-corrected chi connectivity index (χ3v) is 6.37. The second-order valence-corrected chi connectivity index (χ2v) is 8.10. The molecule has 0 bridgehead atoms. The molecule has 2 aliphatic rings. The number of piperidine rings is 1. The second-order valence-electron chi connectivity index (χ2n) is 6.64. The number of carbonyl (C=O) groups excluding carboxylic acids is 1. The lowest BCUT2D eigenvalue weighted by atomic mass is 10.0. The summed E-state index contributed by atoms with van der Waals surface area (Å²) in [6, 6.07) is 8.50. The molecule has 1 aliphatic carbocycles. The van der Waals surface area contributed by atoms with Crippen molar-refractivity contribution in [3.63, 3.8) is 0 Å². The van der Waals surface area contributed by atoms with E-state index in [0.717, 1.165) is 38.5 Å². The molecule has 1 aromatic rings. The van der Waals surface area contributed by atoms with Crippen LogP contribution in [-0.2, 0) is 4.79 Å². The number of aryl methyl sites for hydroxylation is 1. The van der Waals surface area contributed by atoms with Crippen molar-refractivity contribution in [3.8, 4) is 0 Å². The molecule has 22 heavy (non-hydrogen) atoms. The zero-order valence-corrected chi connectivity index (χ0v) is 14.1. The van der Waals surface area contributed by atoms with Gasteiger partial charge in [0, 0.05) is 18.0 Å². The van der Waals surface area contributed by atoms with Crippen LogP contribution < -0.4 is 0 Å². The van der Waals surface area contributed by atoms with Crippen molar-refractivity contribution in [3.05, 3.63) is 29.8 Å². The van der Waals surface area contributed by atoms with Crippen LogP contribution in [0.3, 0.4) is 0 Å². The fraction of sp³-hybridized carbons (Fsp3) is 0.611. The molecule has 120 valence electrons. The molecule has 0 aromatic heterocycles. The van der Waals surface area contributed by atoms with Gasteiger partial charge in [0.2, 0.25) is 5.91 Å². The molecule has 1 aliphatic heterocycles. The number of amides is 1. The Bertz CT molecular complexity index is 514. The zero-order valence-electron chi connectivity index (χ0n) is 13.3. The molecule has 4 heteroatoms. The van der Waals surface area contributed by atoms with Crippen molar-refractivity contribution in [2.24, 2.45) is 0 Å². The Kier molecular flexibility index (Phi) is 4.79. The van der Waals surface area contributed by atoms with Crippen molar-refractivity contribution in [1.29, 1.82) is 0 Å². The van der Waals surface area contributed by atoms with E-state index in [-0.39, 0.29) is 10.9 Å². The number of carbonyl (C=O) groups is 1. The van der Waals surface area contributed by atoms with Gasteiger partial charge in [-0.05, 0) is 44.7 Å². The lowest BCUT2D eigenvalue weighted by molar-refractivity contribution is -0.135. The molecule has 3 nitrogen and oxygen atoms in total. The number of rotatable bonds is 3. The Morgan fingerprint density at radius 2 is 1.77 bits per heavy atom. The van der Waals surface area contributed by atoms with Gasteiger partial charge in [-0.25, -0.2) is 0 Å². The first kappa shape index (κ1) is 15.9. The Morgan fingerprint density at radius 1 is 1.18 bits per heavy atom. The van der Waals surface area contributed by atoms with E-state index in [1.54, 1.807) is 11.8 Å². The third-order valence-electron chi connectivity index (χ3n) is 4.89. The van der Waals surface area contributed by atoms with Gasteiger partial charge in [-0.3, -0.25) is 4.79 Å². The smallest absolute Gasteiger partial charge is 0.239 e. The summed E-state index contributed by atoms with van der Waals surface area (Å²) in [6.45, 7) is 3.50. The van der Waals surface area contributed by atoms with Gasteiger partial charge >= 0.3 is 0 Å². The highest BCUT2D eigenvalue weighted by molar-refractivity contribution is 8.01. The first-order valence-electron chi connectivity index (χ1n) is 8.32. The summed E-state index contributed by atoms with van der Waals surface area (Å²) in [7, 11) is 0. The van der Waals surface area contributed by atoms with Gasteiger partial charge < -0.3 is 10.0 Å². The molecule has 0 unspecified atom stereocenters. The first-order chi connectivity index (χ1) is 10.6. The molecule has 1 saturated carbocycles. The number of aliphatic hydroxyl groups is 1. The van der Waals surface area contributed by atoms with Crippen LogP contribution in [0.25, 0.3) is 0 Å². The minimum absolute atomic E-state index is 0.228. The van der Waals surface area contributed by atoms with Gasteiger partial charge in [0.05, 0.1) is 10.9 Å². The normalized spacial score (nSPS) is 22.0. The van der Waals surface area contributed by atoms with E-state index >= 15 is 0 Å². The Morgan fingerprint density at radius 3 is 2.36 bits per heavy atom. The van der Waals surface area contributed by atoms with Crippen molar-refractivity contribution in [2.45, 2.75) is 61.2 Å². The van der Waals surface area contributed by atoms with Crippen LogP contribution in [-0.4, -0.2) is 39.9 Å². The molecule has 1 N–H and O–H groups in total. The van der Waals surface area contributed by atoms with Gasteiger partial charge in [0.15, 0.2) is 0 Å². The second kappa shape index (κ2) is 6.63. The van der Waals surface area contributed by atoms with Crippen LogP contribution in [0.5, 0.6) is 0 Å². The van der Waals surface area contributed by atoms with E-state index in [0.29, 0.717) is 19.0 Å². The molecule has 1 heterocycles. The van der Waals surface area contributed by atoms with Gasteiger partial charge in [0.1, 0.15) is 0 Å². The summed E-state index contributed by atoms with van der Waals surface area (Å²) < 4.78 is -0.280. The molecule has 1 saturated heterocycles. The number of benzene rings is 1. The molecule has 0 spiro atoms. The summed E-state index contributed by atoms with van der Waals surface area (Å²) in [6.07, 6.45) is 5.44. The number of thioether (sulfide) groups is 1. The lowest BCUT2D eigenvalue weighted by Gasteiger charge is -2.37. The summed E-state index contributed by atoms with van der Waals surface area (Å²) in [4.78, 5) is 16.3. The average molecular weight is 319 g/mol. The largest absolute Gasteiger partial charge is 0.393 e. The summed E-state index contributed by atoms with van der Waals surface area (Å²) in [5.41, 5.74) is 1.25. The minimum atomic E-state index is -0.280. The molecular formula is C18H25NO2S. The number of likely N-dealkylation sites (tertiary alicyclic amines) is 1. The van der Waals surface area contributed by atoms with Crippen molar-refractivity contribution >= 4 is 17.7 Å². The lowest BCUT2D eigenvalue weighted by Crippen LogP contribution is -2.49. The highest BCUT2D eigenvalue weighted by Crippen LogP contribution is 2.46. The predicted molar refractivity (Wildman–Crippen MR) is 90.1 cm³/mol. The quantitative estimate of drug-likeness (QED) is 0.928. The molecule has 2 fully saturated rings. The number of hydrogen-bond acceptors (Lipinski definition) is 3. The molecular weight excluding hydrogens is 294 g/mol. The topological polar surface area (TPSA) is 40.5 Å². The van der Waals surface area contributed by atoms with Crippen LogP contribution in [0.2, 0.25) is 0 Å². The monoisotopic (exact) mass is 319 g/mol. The van der Waals surface area contributed by atoms with Crippen LogP contribution in [0, 0.1) is 6.92 Å². The standard InChI is InChI=1S/C18H25NO2S/c1-14-4-6-16(7-5-14)22-18(10-2-3-11-18)17(21)19-12-8-15(20)9-13-19/h4-7,15,20H,2-3,8-13H2,1H3. The van der Waals surface area contributed by atoms with Gasteiger partial charge in [-0.15, -0.1) is 11.8 Å². The fourth-order valence-corrected chi connectivity index (χ4v) is 4.93. The van der Waals surface area contributed by atoms with Gasteiger partial charge in [0.25, 0.3) is 0 Å². The van der Waals surface area contributed by atoms with E-state index < -0.39 is 0 Å². The molecule has 1 aromatic carbocycles.